The van der Waals surface area contributed by atoms with Crippen LogP contribution >= 0.6 is 23.3 Å². The van der Waals surface area contributed by atoms with E-state index in [9.17, 15) is 4.79 Å². The zero-order chi connectivity index (χ0) is 18.6. The zero-order valence-corrected chi connectivity index (χ0v) is 16.3. The van der Waals surface area contributed by atoms with Gasteiger partial charge in [0.2, 0.25) is 5.91 Å². The summed E-state index contributed by atoms with van der Waals surface area (Å²) in [6.45, 7) is 1.98. The van der Waals surface area contributed by atoms with Gasteiger partial charge in [-0.2, -0.15) is 0 Å². The number of para-hydroxylation sites is 1. The normalized spacial score (nSPS) is 10.9. The number of aryl methyl sites for hydroxylation is 1. The van der Waals surface area contributed by atoms with E-state index < -0.39 is 0 Å². The smallest absolute Gasteiger partial charge is 0.234 e. The lowest BCUT2D eigenvalue weighted by molar-refractivity contribution is -0.113. The number of carbonyl (C=O) groups excluding carboxylic acids is 1. The Morgan fingerprint density at radius 1 is 1.04 bits per heavy atom. The van der Waals surface area contributed by atoms with Gasteiger partial charge in [-0.15, -0.1) is 16.9 Å². The number of hydrogen-bond donors (Lipinski definition) is 1. The monoisotopic (exact) mass is 391 g/mol. The molecule has 0 fully saturated rings. The first-order chi connectivity index (χ1) is 13.2. The number of nitrogens with one attached hydrogen (secondary N) is 1. The largest absolute Gasteiger partial charge is 0.325 e. The van der Waals surface area contributed by atoms with Crippen LogP contribution in [0.2, 0.25) is 0 Å². The number of carbonyl (C=O) groups is 1. The van der Waals surface area contributed by atoms with Gasteiger partial charge in [0.1, 0.15) is 9.90 Å². The second-order valence-corrected chi connectivity index (χ2v) is 8.12. The lowest BCUT2D eigenvalue weighted by Gasteiger charge is -2.07. The van der Waals surface area contributed by atoms with Crippen LogP contribution in [0.15, 0.2) is 70.9 Å². The standard InChI is InChI=1S/C21H17N3OS2/c1-14-6-2-5-9-18(14)22-19(25)13-26-21-20(23-24-27-21)17-11-10-15-7-3-4-8-16(15)12-17/h2-12H,13H2,1H3,(H,22,25). The maximum absolute atomic E-state index is 12.3. The highest BCUT2D eigenvalue weighted by Gasteiger charge is 2.14. The van der Waals surface area contributed by atoms with Gasteiger partial charge in [-0.1, -0.05) is 59.1 Å². The highest BCUT2D eigenvalue weighted by Crippen LogP contribution is 2.34. The quantitative estimate of drug-likeness (QED) is 0.463. The van der Waals surface area contributed by atoms with Crippen LogP contribution in [0, 0.1) is 6.92 Å². The van der Waals surface area contributed by atoms with Gasteiger partial charge in [0.05, 0.1) is 5.75 Å². The van der Waals surface area contributed by atoms with Gasteiger partial charge in [-0.25, -0.2) is 0 Å². The number of benzene rings is 3. The molecule has 1 heterocycles. The van der Waals surface area contributed by atoms with Crippen molar-refractivity contribution in [1.29, 1.82) is 0 Å². The topological polar surface area (TPSA) is 54.9 Å². The van der Waals surface area contributed by atoms with E-state index in [1.165, 1.54) is 28.7 Å². The van der Waals surface area contributed by atoms with Gasteiger partial charge in [0.15, 0.2) is 0 Å². The first-order valence-electron chi connectivity index (χ1n) is 8.50. The van der Waals surface area contributed by atoms with Crippen LogP contribution in [0.3, 0.4) is 0 Å². The molecule has 0 bridgehead atoms. The van der Waals surface area contributed by atoms with Crippen LogP contribution in [-0.4, -0.2) is 21.2 Å². The molecule has 4 rings (SSSR count). The van der Waals surface area contributed by atoms with Gasteiger partial charge in [0.25, 0.3) is 0 Å². The SMILES string of the molecule is Cc1ccccc1NC(=O)CSc1snnc1-c1ccc2ccccc2c1. The predicted molar refractivity (Wildman–Crippen MR) is 113 cm³/mol. The summed E-state index contributed by atoms with van der Waals surface area (Å²) in [5.74, 6) is 0.283. The Hall–Kier alpha value is -2.70. The average molecular weight is 392 g/mol. The predicted octanol–water partition coefficient (Wildman–Crippen LogP) is 5.40. The fourth-order valence-electron chi connectivity index (χ4n) is 2.82. The lowest BCUT2D eigenvalue weighted by Crippen LogP contribution is -2.14. The van der Waals surface area contributed by atoms with Crippen LogP contribution in [0.5, 0.6) is 0 Å². The molecule has 0 radical (unpaired) electrons. The Kier molecular flexibility index (Phi) is 5.18. The van der Waals surface area contributed by atoms with E-state index in [2.05, 4.69) is 45.2 Å². The van der Waals surface area contributed by atoms with Crippen molar-refractivity contribution in [3.8, 4) is 11.3 Å². The first-order valence-corrected chi connectivity index (χ1v) is 10.3. The third kappa shape index (κ3) is 4.02. The number of thioether (sulfide) groups is 1. The van der Waals surface area contributed by atoms with Crippen molar-refractivity contribution in [3.05, 3.63) is 72.3 Å². The summed E-state index contributed by atoms with van der Waals surface area (Å²) >= 11 is 2.79. The van der Waals surface area contributed by atoms with Gasteiger partial charge in [0, 0.05) is 11.3 Å². The summed E-state index contributed by atoms with van der Waals surface area (Å²) in [6.07, 6.45) is 0. The Morgan fingerprint density at radius 3 is 2.67 bits per heavy atom. The summed E-state index contributed by atoms with van der Waals surface area (Å²) in [4.78, 5) is 12.3. The van der Waals surface area contributed by atoms with Crippen molar-refractivity contribution >= 4 is 45.7 Å². The third-order valence-corrected chi connectivity index (χ3v) is 6.20. The Morgan fingerprint density at radius 2 is 1.81 bits per heavy atom. The first kappa shape index (κ1) is 17.7. The summed E-state index contributed by atoms with van der Waals surface area (Å²) in [7, 11) is 0. The summed E-state index contributed by atoms with van der Waals surface area (Å²) in [5, 5.41) is 9.60. The van der Waals surface area contributed by atoms with Crippen LogP contribution in [0.25, 0.3) is 22.0 Å². The van der Waals surface area contributed by atoms with E-state index in [0.717, 1.165) is 32.1 Å². The van der Waals surface area contributed by atoms with E-state index in [-0.39, 0.29) is 5.91 Å². The minimum absolute atomic E-state index is 0.0350. The van der Waals surface area contributed by atoms with Gasteiger partial charge in [-0.3, -0.25) is 4.79 Å². The van der Waals surface area contributed by atoms with Crippen molar-refractivity contribution in [2.24, 2.45) is 0 Å². The van der Waals surface area contributed by atoms with Crippen molar-refractivity contribution < 1.29 is 4.79 Å². The highest BCUT2D eigenvalue weighted by atomic mass is 32.2. The molecule has 4 nitrogen and oxygen atoms in total. The maximum Gasteiger partial charge on any atom is 0.234 e. The second-order valence-electron chi connectivity index (χ2n) is 6.12. The molecule has 1 aromatic heterocycles. The number of anilines is 1. The van der Waals surface area contributed by atoms with Crippen molar-refractivity contribution in [2.45, 2.75) is 11.1 Å². The van der Waals surface area contributed by atoms with Gasteiger partial charge >= 0.3 is 0 Å². The van der Waals surface area contributed by atoms with Gasteiger partial charge in [-0.05, 0) is 46.9 Å². The number of fused-ring (bicyclic) bond motifs is 1. The molecular weight excluding hydrogens is 374 g/mol. The fourth-order valence-corrected chi connectivity index (χ4v) is 4.38. The number of hydrogen-bond acceptors (Lipinski definition) is 5. The van der Waals surface area contributed by atoms with E-state index >= 15 is 0 Å². The van der Waals surface area contributed by atoms with Crippen LogP contribution in [0.4, 0.5) is 5.69 Å². The van der Waals surface area contributed by atoms with Crippen molar-refractivity contribution in [2.75, 3.05) is 11.1 Å². The molecule has 6 heteroatoms. The molecule has 3 aromatic carbocycles. The summed E-state index contributed by atoms with van der Waals surface area (Å²) in [5.41, 5.74) is 3.75. The maximum atomic E-state index is 12.3. The lowest BCUT2D eigenvalue weighted by atomic mass is 10.1. The Bertz CT molecular complexity index is 1110. The average Bonchev–Trinajstić information content (AvgIpc) is 3.16. The molecule has 0 saturated carbocycles. The fraction of sp³-hybridized carbons (Fsp3) is 0.0952. The molecule has 0 aliphatic rings. The molecule has 1 amide bonds. The Balaban J connectivity index is 1.48. The van der Waals surface area contributed by atoms with E-state index in [4.69, 9.17) is 0 Å². The second kappa shape index (κ2) is 7.90. The molecule has 1 N–H and O–H groups in total. The van der Waals surface area contributed by atoms with Gasteiger partial charge < -0.3 is 5.32 Å². The summed E-state index contributed by atoms with van der Waals surface area (Å²) in [6, 6.07) is 22.2. The number of nitrogens with zero attached hydrogens (tertiary/aromatic N) is 2. The molecule has 0 unspecified atom stereocenters. The molecule has 0 aliphatic carbocycles. The van der Waals surface area contributed by atoms with Crippen molar-refractivity contribution in [1.82, 2.24) is 9.59 Å². The van der Waals surface area contributed by atoms with Crippen LogP contribution in [0.1, 0.15) is 5.56 Å². The molecule has 0 spiro atoms. The molecule has 27 heavy (non-hydrogen) atoms. The van der Waals surface area contributed by atoms with E-state index in [1.54, 1.807) is 0 Å². The minimum Gasteiger partial charge on any atom is -0.325 e. The minimum atomic E-state index is -0.0350. The van der Waals surface area contributed by atoms with Crippen LogP contribution < -0.4 is 5.32 Å². The van der Waals surface area contributed by atoms with Crippen molar-refractivity contribution in [3.63, 3.8) is 0 Å². The van der Waals surface area contributed by atoms with Crippen LogP contribution in [-0.2, 0) is 4.79 Å². The molecule has 0 atom stereocenters. The number of rotatable bonds is 5. The molecule has 0 saturated heterocycles. The number of aromatic nitrogens is 2. The number of amides is 1. The summed E-state index contributed by atoms with van der Waals surface area (Å²) < 4.78 is 5.04. The highest BCUT2D eigenvalue weighted by molar-refractivity contribution is 8.01. The molecular formula is C21H17N3OS2. The molecule has 4 aromatic rings. The molecule has 0 aliphatic heterocycles. The van der Waals surface area contributed by atoms with E-state index in [1.807, 2.05) is 43.3 Å². The third-order valence-electron chi connectivity index (χ3n) is 4.23. The van der Waals surface area contributed by atoms with E-state index in [0.29, 0.717) is 5.75 Å². The zero-order valence-electron chi connectivity index (χ0n) is 14.7. The Labute approximate surface area is 165 Å². The molecule has 134 valence electrons.